The van der Waals surface area contributed by atoms with Crippen molar-refractivity contribution in [3.8, 4) is 22.8 Å². The normalized spacial score (nSPS) is 16.0. The van der Waals surface area contributed by atoms with Crippen LogP contribution < -0.4 is 20.1 Å². The quantitative estimate of drug-likeness (QED) is 0.424. The minimum Gasteiger partial charge on any atom is -0.495 e. The van der Waals surface area contributed by atoms with Crippen LogP contribution in [0.25, 0.3) is 22.2 Å². The summed E-state index contributed by atoms with van der Waals surface area (Å²) in [5, 5.41) is 8.30. The van der Waals surface area contributed by atoms with Crippen molar-refractivity contribution in [1.82, 2.24) is 15.0 Å². The van der Waals surface area contributed by atoms with Gasteiger partial charge in [0, 0.05) is 36.4 Å². The number of benzene rings is 1. The van der Waals surface area contributed by atoms with Gasteiger partial charge in [-0.2, -0.15) is 0 Å². The first-order chi connectivity index (χ1) is 16.2. The molecule has 0 bridgehead atoms. The predicted octanol–water partition coefficient (Wildman–Crippen LogP) is 5.67. The van der Waals surface area contributed by atoms with Crippen LogP contribution in [0.5, 0.6) is 11.5 Å². The summed E-state index contributed by atoms with van der Waals surface area (Å²) < 4.78 is 16.3. The molecule has 8 nitrogen and oxygen atoms in total. The van der Waals surface area contributed by atoms with Gasteiger partial charge >= 0.3 is 0 Å². The highest BCUT2D eigenvalue weighted by molar-refractivity contribution is 6.41. The van der Waals surface area contributed by atoms with Gasteiger partial charge in [-0.3, -0.25) is 0 Å². The smallest absolute Gasteiger partial charge is 0.223 e. The number of halogens is 2. The molecule has 0 radical (unpaired) electrons. The number of nitrogens with one attached hydrogen (secondary N) is 2. The van der Waals surface area contributed by atoms with Crippen LogP contribution in [0.1, 0.15) is 27.2 Å². The molecule has 0 amide bonds. The first-order valence-electron chi connectivity index (χ1n) is 11.1. The standard InChI is InChI=1S/C24H29Cl2N5O3/c1-24(2,3)12-28-22-21-13(10-27-23(31-21)29-14-6-7-34-11-14)8-15(30-22)18-19(25)16(32-4)9-17(33-5)20(18)26/h8-10,14H,6-7,11-12H2,1-5H3,(H,28,30)(H,27,29,31). The monoisotopic (exact) mass is 505 g/mol. The minimum absolute atomic E-state index is 0.0216. The van der Waals surface area contributed by atoms with Gasteiger partial charge < -0.3 is 24.8 Å². The average molecular weight is 506 g/mol. The molecule has 1 aliphatic heterocycles. The number of methoxy groups -OCH3 is 2. The maximum Gasteiger partial charge on any atom is 0.223 e. The summed E-state index contributed by atoms with van der Waals surface area (Å²) in [6.07, 6.45) is 2.69. The Bertz CT molecular complexity index is 1170. The molecular formula is C24H29Cl2N5O3. The Balaban J connectivity index is 1.85. The van der Waals surface area contributed by atoms with Crippen LogP contribution in [0.2, 0.25) is 10.0 Å². The van der Waals surface area contributed by atoms with Crippen molar-refractivity contribution < 1.29 is 14.2 Å². The Morgan fingerprint density at radius 3 is 2.38 bits per heavy atom. The van der Waals surface area contributed by atoms with Crippen LogP contribution in [0.4, 0.5) is 11.8 Å². The molecule has 2 aromatic heterocycles. The molecular weight excluding hydrogens is 477 g/mol. The third-order valence-corrected chi connectivity index (χ3v) is 6.20. The lowest BCUT2D eigenvalue weighted by molar-refractivity contribution is 0.195. The van der Waals surface area contributed by atoms with Crippen molar-refractivity contribution in [2.45, 2.75) is 33.2 Å². The lowest BCUT2D eigenvalue weighted by Crippen LogP contribution is -2.21. The molecule has 182 valence electrons. The van der Waals surface area contributed by atoms with Gasteiger partial charge in [-0.05, 0) is 17.9 Å². The number of fused-ring (bicyclic) bond motifs is 1. The van der Waals surface area contributed by atoms with E-state index in [1.807, 2.05) is 6.07 Å². The van der Waals surface area contributed by atoms with Crippen molar-refractivity contribution in [2.24, 2.45) is 5.41 Å². The van der Waals surface area contributed by atoms with E-state index in [0.717, 1.165) is 18.4 Å². The molecule has 1 unspecified atom stereocenters. The second kappa shape index (κ2) is 9.98. The fraction of sp³-hybridized carbons (Fsp3) is 0.458. The Morgan fingerprint density at radius 2 is 1.79 bits per heavy atom. The molecule has 10 heteroatoms. The van der Waals surface area contributed by atoms with E-state index in [9.17, 15) is 0 Å². The van der Waals surface area contributed by atoms with Crippen molar-refractivity contribution in [3.05, 3.63) is 28.4 Å². The highest BCUT2D eigenvalue weighted by atomic mass is 35.5. The molecule has 34 heavy (non-hydrogen) atoms. The van der Waals surface area contributed by atoms with Crippen LogP contribution >= 0.6 is 23.2 Å². The van der Waals surface area contributed by atoms with E-state index >= 15 is 0 Å². The second-order valence-electron chi connectivity index (χ2n) is 9.39. The highest BCUT2D eigenvalue weighted by Gasteiger charge is 2.23. The molecule has 0 aliphatic carbocycles. The molecule has 2 N–H and O–H groups in total. The lowest BCUT2D eigenvalue weighted by atomic mass is 9.97. The van der Waals surface area contributed by atoms with E-state index in [1.165, 1.54) is 0 Å². The lowest BCUT2D eigenvalue weighted by Gasteiger charge is -2.21. The fourth-order valence-electron chi connectivity index (χ4n) is 3.65. The van der Waals surface area contributed by atoms with Gasteiger partial charge in [-0.25, -0.2) is 15.0 Å². The summed E-state index contributed by atoms with van der Waals surface area (Å²) in [4.78, 5) is 14.2. The van der Waals surface area contributed by atoms with Gasteiger partial charge in [-0.15, -0.1) is 0 Å². The van der Waals surface area contributed by atoms with Crippen LogP contribution in [0, 0.1) is 5.41 Å². The van der Waals surface area contributed by atoms with Gasteiger partial charge in [0.2, 0.25) is 5.95 Å². The maximum absolute atomic E-state index is 6.67. The van der Waals surface area contributed by atoms with E-state index in [-0.39, 0.29) is 11.5 Å². The van der Waals surface area contributed by atoms with Crippen LogP contribution in [-0.2, 0) is 4.74 Å². The van der Waals surface area contributed by atoms with Gasteiger partial charge in [0.25, 0.3) is 0 Å². The summed E-state index contributed by atoms with van der Waals surface area (Å²) in [5.74, 6) is 2.04. The van der Waals surface area contributed by atoms with Crippen molar-refractivity contribution >= 4 is 45.9 Å². The number of nitrogens with zero attached hydrogens (tertiary/aromatic N) is 3. The van der Waals surface area contributed by atoms with Crippen LogP contribution in [0.3, 0.4) is 0 Å². The summed E-state index contributed by atoms with van der Waals surface area (Å²) in [7, 11) is 3.08. The van der Waals surface area contributed by atoms with E-state index in [1.54, 1.807) is 26.5 Å². The zero-order valence-corrected chi connectivity index (χ0v) is 21.5. The molecule has 3 aromatic rings. The van der Waals surface area contributed by atoms with E-state index in [4.69, 9.17) is 47.4 Å². The molecule has 3 heterocycles. The van der Waals surface area contributed by atoms with E-state index in [2.05, 4.69) is 36.4 Å². The number of ether oxygens (including phenoxy) is 3. The van der Waals surface area contributed by atoms with Crippen molar-refractivity contribution in [2.75, 3.05) is 44.6 Å². The SMILES string of the molecule is COc1cc(OC)c(Cl)c(-c2cc3cnc(NC4CCOC4)nc3c(NCC(C)(C)C)n2)c1Cl. The summed E-state index contributed by atoms with van der Waals surface area (Å²) in [5.41, 5.74) is 1.80. The number of aromatic nitrogens is 3. The number of hydrogen-bond donors (Lipinski definition) is 2. The summed E-state index contributed by atoms with van der Waals surface area (Å²) in [6, 6.07) is 3.71. The minimum atomic E-state index is 0.0216. The van der Waals surface area contributed by atoms with Gasteiger partial charge in [0.05, 0.1) is 42.6 Å². The first kappa shape index (κ1) is 24.6. The summed E-state index contributed by atoms with van der Waals surface area (Å²) >= 11 is 13.3. The third-order valence-electron chi connectivity index (χ3n) is 5.44. The zero-order chi connectivity index (χ0) is 24.5. The van der Waals surface area contributed by atoms with Gasteiger partial charge in [0.15, 0.2) is 5.82 Å². The second-order valence-corrected chi connectivity index (χ2v) is 10.1. The molecule has 0 spiro atoms. The van der Waals surface area contributed by atoms with Crippen molar-refractivity contribution in [1.29, 1.82) is 0 Å². The fourth-order valence-corrected chi connectivity index (χ4v) is 4.34. The number of hydrogen-bond acceptors (Lipinski definition) is 8. The van der Waals surface area contributed by atoms with Crippen molar-refractivity contribution in [3.63, 3.8) is 0 Å². The molecule has 1 aromatic carbocycles. The Kier molecular flexibility index (Phi) is 7.21. The van der Waals surface area contributed by atoms with E-state index < -0.39 is 0 Å². The number of anilines is 2. The molecule has 4 rings (SSSR count). The highest BCUT2D eigenvalue weighted by Crippen LogP contribution is 2.46. The number of rotatable bonds is 7. The first-order valence-corrected chi connectivity index (χ1v) is 11.8. The topological polar surface area (TPSA) is 90.4 Å². The third kappa shape index (κ3) is 5.24. The largest absolute Gasteiger partial charge is 0.495 e. The Labute approximate surface area is 209 Å². The average Bonchev–Trinajstić information content (AvgIpc) is 3.30. The van der Waals surface area contributed by atoms with Gasteiger partial charge in [-0.1, -0.05) is 44.0 Å². The van der Waals surface area contributed by atoms with Gasteiger partial charge in [0.1, 0.15) is 17.0 Å². The molecule has 1 saturated heterocycles. The molecule has 1 atom stereocenters. The summed E-state index contributed by atoms with van der Waals surface area (Å²) in [6.45, 7) is 8.51. The predicted molar refractivity (Wildman–Crippen MR) is 137 cm³/mol. The maximum atomic E-state index is 6.67. The molecule has 1 aliphatic rings. The Hall–Kier alpha value is -2.55. The van der Waals surface area contributed by atoms with Crippen LogP contribution in [-0.4, -0.2) is 55.0 Å². The molecule has 1 fully saturated rings. The number of pyridine rings is 1. The Morgan fingerprint density at radius 1 is 1.09 bits per heavy atom. The van der Waals surface area contributed by atoms with E-state index in [0.29, 0.717) is 63.2 Å². The molecule has 0 saturated carbocycles. The zero-order valence-electron chi connectivity index (χ0n) is 20.0. The van der Waals surface area contributed by atoms with Crippen LogP contribution in [0.15, 0.2) is 18.3 Å².